The lowest BCUT2D eigenvalue weighted by atomic mass is 9.95. The summed E-state index contributed by atoms with van der Waals surface area (Å²) >= 11 is 3.54. The standard InChI is InChI=1S/C22H16BrN/c23-19-11-12-20-18(14-19)10-13-21(24)22(20)17-8-6-16(7-9-17)15-4-2-1-3-5-15/h1-14H,24H2. The largest absolute Gasteiger partial charge is 0.398 e. The van der Waals surface area contributed by atoms with Crippen LogP contribution in [0.4, 0.5) is 5.69 Å². The van der Waals surface area contributed by atoms with E-state index in [1.165, 1.54) is 21.9 Å². The van der Waals surface area contributed by atoms with E-state index in [4.69, 9.17) is 5.73 Å². The second-order valence-corrected chi connectivity index (χ2v) is 6.75. The van der Waals surface area contributed by atoms with Gasteiger partial charge in [0.15, 0.2) is 0 Å². The molecule has 116 valence electrons. The highest BCUT2D eigenvalue weighted by Gasteiger charge is 2.09. The van der Waals surface area contributed by atoms with E-state index in [1.54, 1.807) is 0 Å². The van der Waals surface area contributed by atoms with E-state index >= 15 is 0 Å². The smallest absolute Gasteiger partial charge is 0.0400 e. The van der Waals surface area contributed by atoms with E-state index in [-0.39, 0.29) is 0 Å². The van der Waals surface area contributed by atoms with Crippen molar-refractivity contribution >= 4 is 32.4 Å². The number of halogens is 1. The van der Waals surface area contributed by atoms with Gasteiger partial charge in [0.1, 0.15) is 0 Å². The average molecular weight is 374 g/mol. The number of benzene rings is 4. The van der Waals surface area contributed by atoms with E-state index in [2.05, 4.69) is 88.7 Å². The van der Waals surface area contributed by atoms with Gasteiger partial charge in [-0.3, -0.25) is 0 Å². The Morgan fingerprint density at radius 2 is 1.29 bits per heavy atom. The first-order valence-corrected chi connectivity index (χ1v) is 8.65. The maximum atomic E-state index is 6.29. The predicted molar refractivity (Wildman–Crippen MR) is 107 cm³/mol. The second-order valence-electron chi connectivity index (χ2n) is 5.84. The molecule has 1 nitrogen and oxygen atoms in total. The highest BCUT2D eigenvalue weighted by molar-refractivity contribution is 9.10. The Hall–Kier alpha value is -2.58. The van der Waals surface area contributed by atoms with E-state index in [9.17, 15) is 0 Å². The summed E-state index contributed by atoms with van der Waals surface area (Å²) in [6.45, 7) is 0. The Bertz CT molecular complexity index is 1010. The third-order valence-corrected chi connectivity index (χ3v) is 4.79. The van der Waals surface area contributed by atoms with Crippen LogP contribution in [-0.2, 0) is 0 Å². The highest BCUT2D eigenvalue weighted by atomic mass is 79.9. The van der Waals surface area contributed by atoms with Crippen LogP contribution < -0.4 is 5.73 Å². The fourth-order valence-corrected chi connectivity index (χ4v) is 3.48. The zero-order valence-electron chi connectivity index (χ0n) is 13.0. The van der Waals surface area contributed by atoms with Crippen molar-refractivity contribution in [2.24, 2.45) is 0 Å². The van der Waals surface area contributed by atoms with Gasteiger partial charge in [-0.15, -0.1) is 0 Å². The minimum Gasteiger partial charge on any atom is -0.398 e. The van der Waals surface area contributed by atoms with Crippen molar-refractivity contribution in [2.75, 3.05) is 5.73 Å². The number of nitrogens with two attached hydrogens (primary N) is 1. The molecule has 0 bridgehead atoms. The lowest BCUT2D eigenvalue weighted by molar-refractivity contribution is 1.60. The van der Waals surface area contributed by atoms with Crippen LogP contribution in [0.1, 0.15) is 0 Å². The first-order valence-electron chi connectivity index (χ1n) is 7.86. The summed E-state index contributed by atoms with van der Waals surface area (Å²) in [4.78, 5) is 0. The molecule has 4 aromatic rings. The van der Waals surface area contributed by atoms with Crippen LogP contribution in [0, 0.1) is 0 Å². The van der Waals surface area contributed by atoms with Gasteiger partial charge in [-0.05, 0) is 45.7 Å². The van der Waals surface area contributed by atoms with Gasteiger partial charge >= 0.3 is 0 Å². The fourth-order valence-electron chi connectivity index (χ4n) is 3.10. The van der Waals surface area contributed by atoms with E-state index in [0.717, 1.165) is 21.3 Å². The molecular weight excluding hydrogens is 358 g/mol. The topological polar surface area (TPSA) is 26.0 Å². The molecule has 0 unspecified atom stereocenters. The molecule has 0 spiro atoms. The molecule has 0 aliphatic carbocycles. The molecule has 2 N–H and O–H groups in total. The maximum absolute atomic E-state index is 6.29. The Labute approximate surface area is 149 Å². The maximum Gasteiger partial charge on any atom is 0.0400 e. The van der Waals surface area contributed by atoms with Gasteiger partial charge in [0, 0.05) is 15.7 Å². The summed E-state index contributed by atoms with van der Waals surface area (Å²) in [5.41, 5.74) is 11.8. The molecule has 0 amide bonds. The lowest BCUT2D eigenvalue weighted by Gasteiger charge is -2.12. The highest BCUT2D eigenvalue weighted by Crippen LogP contribution is 2.36. The van der Waals surface area contributed by atoms with E-state index in [1.807, 2.05) is 12.1 Å². The first-order chi connectivity index (χ1) is 11.7. The van der Waals surface area contributed by atoms with E-state index in [0.29, 0.717) is 0 Å². The number of fused-ring (bicyclic) bond motifs is 1. The van der Waals surface area contributed by atoms with Crippen molar-refractivity contribution in [3.63, 3.8) is 0 Å². The second kappa shape index (κ2) is 6.14. The summed E-state index contributed by atoms with van der Waals surface area (Å²) in [7, 11) is 0. The van der Waals surface area contributed by atoms with Gasteiger partial charge in [-0.25, -0.2) is 0 Å². The lowest BCUT2D eigenvalue weighted by Crippen LogP contribution is -1.92. The number of anilines is 1. The van der Waals surface area contributed by atoms with Gasteiger partial charge in [0.05, 0.1) is 0 Å². The Morgan fingerprint density at radius 3 is 2.04 bits per heavy atom. The molecule has 0 radical (unpaired) electrons. The molecule has 4 rings (SSSR count). The van der Waals surface area contributed by atoms with Crippen LogP contribution in [-0.4, -0.2) is 0 Å². The molecule has 0 fully saturated rings. The summed E-state index contributed by atoms with van der Waals surface area (Å²) in [6, 6.07) is 29.4. The molecule has 0 saturated heterocycles. The van der Waals surface area contributed by atoms with Crippen LogP contribution in [0.25, 0.3) is 33.0 Å². The molecule has 0 aromatic heterocycles. The average Bonchev–Trinajstić information content (AvgIpc) is 2.63. The van der Waals surface area contributed by atoms with Crippen molar-refractivity contribution in [1.29, 1.82) is 0 Å². The Kier molecular flexibility index (Phi) is 3.83. The van der Waals surface area contributed by atoms with Crippen molar-refractivity contribution in [2.45, 2.75) is 0 Å². The molecule has 0 heterocycles. The summed E-state index contributed by atoms with van der Waals surface area (Å²) in [6.07, 6.45) is 0. The SMILES string of the molecule is Nc1ccc2cc(Br)ccc2c1-c1ccc(-c2ccccc2)cc1. The summed E-state index contributed by atoms with van der Waals surface area (Å²) in [5, 5.41) is 2.35. The molecule has 0 atom stereocenters. The van der Waals surface area contributed by atoms with Crippen molar-refractivity contribution < 1.29 is 0 Å². The zero-order valence-corrected chi connectivity index (χ0v) is 14.6. The van der Waals surface area contributed by atoms with Crippen LogP contribution in [0.2, 0.25) is 0 Å². The van der Waals surface area contributed by atoms with Gasteiger partial charge in [0.2, 0.25) is 0 Å². The number of hydrogen-bond donors (Lipinski definition) is 1. The monoisotopic (exact) mass is 373 g/mol. The van der Waals surface area contributed by atoms with Crippen LogP contribution in [0.15, 0.2) is 89.4 Å². The van der Waals surface area contributed by atoms with E-state index < -0.39 is 0 Å². The molecule has 24 heavy (non-hydrogen) atoms. The molecule has 4 aromatic carbocycles. The molecule has 0 saturated carbocycles. The van der Waals surface area contributed by atoms with Crippen LogP contribution >= 0.6 is 15.9 Å². The summed E-state index contributed by atoms with van der Waals surface area (Å²) in [5.74, 6) is 0. The number of nitrogen functional groups attached to an aromatic ring is 1. The number of hydrogen-bond acceptors (Lipinski definition) is 1. The van der Waals surface area contributed by atoms with Crippen molar-refractivity contribution in [3.8, 4) is 22.3 Å². The van der Waals surface area contributed by atoms with Gasteiger partial charge in [-0.2, -0.15) is 0 Å². The minimum atomic E-state index is 0.803. The third kappa shape index (κ3) is 2.70. The zero-order chi connectivity index (χ0) is 16.5. The predicted octanol–water partition coefficient (Wildman–Crippen LogP) is 6.52. The van der Waals surface area contributed by atoms with Crippen molar-refractivity contribution in [1.82, 2.24) is 0 Å². The minimum absolute atomic E-state index is 0.803. The molecule has 2 heteroatoms. The third-order valence-electron chi connectivity index (χ3n) is 4.29. The van der Waals surface area contributed by atoms with Gasteiger partial charge in [0.25, 0.3) is 0 Å². The quantitative estimate of drug-likeness (QED) is 0.397. The summed E-state index contributed by atoms with van der Waals surface area (Å²) < 4.78 is 1.07. The van der Waals surface area contributed by atoms with Crippen LogP contribution in [0.3, 0.4) is 0 Å². The van der Waals surface area contributed by atoms with Crippen molar-refractivity contribution in [3.05, 3.63) is 89.4 Å². The fraction of sp³-hybridized carbons (Fsp3) is 0. The van der Waals surface area contributed by atoms with Crippen LogP contribution in [0.5, 0.6) is 0 Å². The Balaban J connectivity index is 1.85. The molecule has 0 aliphatic rings. The molecular formula is C22H16BrN. The number of rotatable bonds is 2. The van der Waals surface area contributed by atoms with Gasteiger partial charge < -0.3 is 5.73 Å². The van der Waals surface area contributed by atoms with Gasteiger partial charge in [-0.1, -0.05) is 82.7 Å². The normalized spacial score (nSPS) is 10.9. The molecule has 0 aliphatic heterocycles. The Morgan fingerprint density at radius 1 is 0.625 bits per heavy atom. The first kappa shape index (κ1) is 15.0.